The molecule has 1 aromatic carbocycles. The quantitative estimate of drug-likeness (QED) is 0.803. The number of benzene rings is 1. The van der Waals surface area contributed by atoms with Crippen molar-refractivity contribution in [3.8, 4) is 0 Å². The Hall–Kier alpha value is -0.280. The van der Waals surface area contributed by atoms with Gasteiger partial charge in [-0.25, -0.2) is 0 Å². The Balaban J connectivity index is 2.64. The van der Waals surface area contributed by atoms with Crippen molar-refractivity contribution in [1.82, 2.24) is 5.32 Å². The molecule has 0 aromatic heterocycles. The highest BCUT2D eigenvalue weighted by atomic mass is 35.5. The molecule has 0 atom stereocenters. The van der Waals surface area contributed by atoms with Crippen molar-refractivity contribution in [2.24, 2.45) is 0 Å². The van der Waals surface area contributed by atoms with E-state index in [1.807, 2.05) is 18.2 Å². The van der Waals surface area contributed by atoms with Gasteiger partial charge in [-0.3, -0.25) is 0 Å². The molecule has 0 saturated heterocycles. The zero-order chi connectivity index (χ0) is 12.9. The fourth-order valence-electron chi connectivity index (χ4n) is 1.59. The maximum Gasteiger partial charge on any atom is 0.0595 e. The molecule has 0 amide bonds. The van der Waals surface area contributed by atoms with Crippen molar-refractivity contribution in [2.75, 3.05) is 26.8 Å². The van der Waals surface area contributed by atoms with E-state index in [-0.39, 0.29) is 5.41 Å². The summed E-state index contributed by atoms with van der Waals surface area (Å²) in [4.78, 5) is 0. The van der Waals surface area contributed by atoms with Gasteiger partial charge in [0.15, 0.2) is 0 Å². The van der Waals surface area contributed by atoms with Gasteiger partial charge in [-0.05, 0) is 17.7 Å². The van der Waals surface area contributed by atoms with Gasteiger partial charge in [-0.15, -0.1) is 0 Å². The first-order chi connectivity index (χ1) is 7.97. The van der Waals surface area contributed by atoms with E-state index in [2.05, 4.69) is 19.2 Å². The third-order valence-corrected chi connectivity index (χ3v) is 3.49. The van der Waals surface area contributed by atoms with Gasteiger partial charge < -0.3 is 10.1 Å². The second-order valence-electron chi connectivity index (χ2n) is 4.68. The molecule has 4 heteroatoms. The maximum atomic E-state index is 6.03. The monoisotopic (exact) mass is 275 g/mol. The van der Waals surface area contributed by atoms with Gasteiger partial charge in [0.2, 0.25) is 0 Å². The lowest BCUT2D eigenvalue weighted by Crippen LogP contribution is -2.34. The second-order valence-corrected chi connectivity index (χ2v) is 5.50. The Morgan fingerprint density at radius 3 is 2.53 bits per heavy atom. The molecule has 1 rings (SSSR count). The average molecular weight is 276 g/mol. The van der Waals surface area contributed by atoms with Crippen LogP contribution in [0.15, 0.2) is 18.2 Å². The predicted molar refractivity (Wildman–Crippen MR) is 74.2 cm³/mol. The first-order valence-electron chi connectivity index (χ1n) is 5.62. The summed E-state index contributed by atoms with van der Waals surface area (Å²) in [5.74, 6) is 0. The molecule has 0 radical (unpaired) electrons. The molecule has 0 bridgehead atoms. The fourth-order valence-corrected chi connectivity index (χ4v) is 1.89. The Kier molecular flexibility index (Phi) is 5.74. The standard InChI is InChI=1S/C13H19Cl2NO/c1-13(2,9-16-6-7-17-3)10-4-5-11(14)12(15)8-10/h4-5,8,16H,6-7,9H2,1-3H3. The molecular formula is C13H19Cl2NO. The summed E-state index contributed by atoms with van der Waals surface area (Å²) in [6.07, 6.45) is 0. The summed E-state index contributed by atoms with van der Waals surface area (Å²) in [7, 11) is 1.70. The van der Waals surface area contributed by atoms with Gasteiger partial charge in [-0.1, -0.05) is 43.1 Å². The minimum Gasteiger partial charge on any atom is -0.383 e. The van der Waals surface area contributed by atoms with Crippen molar-refractivity contribution in [2.45, 2.75) is 19.3 Å². The van der Waals surface area contributed by atoms with Crippen LogP contribution < -0.4 is 5.32 Å². The molecule has 0 unspecified atom stereocenters. The highest BCUT2D eigenvalue weighted by molar-refractivity contribution is 6.42. The van der Waals surface area contributed by atoms with Gasteiger partial charge in [0, 0.05) is 25.6 Å². The summed E-state index contributed by atoms with van der Waals surface area (Å²) in [5.41, 5.74) is 1.19. The van der Waals surface area contributed by atoms with Crippen molar-refractivity contribution in [3.05, 3.63) is 33.8 Å². The second kappa shape index (κ2) is 6.60. The van der Waals surface area contributed by atoms with Crippen molar-refractivity contribution in [3.63, 3.8) is 0 Å². The molecule has 0 aliphatic carbocycles. The summed E-state index contributed by atoms with van der Waals surface area (Å²) in [6, 6.07) is 5.80. The number of hydrogen-bond donors (Lipinski definition) is 1. The third-order valence-electron chi connectivity index (χ3n) is 2.75. The molecule has 0 heterocycles. The van der Waals surface area contributed by atoms with Crippen LogP contribution in [0.25, 0.3) is 0 Å². The van der Waals surface area contributed by atoms with E-state index in [9.17, 15) is 0 Å². The van der Waals surface area contributed by atoms with E-state index in [1.165, 1.54) is 5.56 Å². The maximum absolute atomic E-state index is 6.03. The molecule has 17 heavy (non-hydrogen) atoms. The summed E-state index contributed by atoms with van der Waals surface area (Å²) < 4.78 is 5.00. The smallest absolute Gasteiger partial charge is 0.0595 e. The Bertz CT molecular complexity index is 366. The largest absolute Gasteiger partial charge is 0.383 e. The first kappa shape index (κ1) is 14.8. The molecule has 0 fully saturated rings. The number of methoxy groups -OCH3 is 1. The number of rotatable bonds is 6. The number of hydrogen-bond acceptors (Lipinski definition) is 2. The lowest BCUT2D eigenvalue weighted by atomic mass is 9.84. The molecular weight excluding hydrogens is 257 g/mol. The Morgan fingerprint density at radius 1 is 1.24 bits per heavy atom. The van der Waals surface area contributed by atoms with E-state index >= 15 is 0 Å². The molecule has 2 nitrogen and oxygen atoms in total. The van der Waals surface area contributed by atoms with Crippen LogP contribution in [0.4, 0.5) is 0 Å². The van der Waals surface area contributed by atoms with Gasteiger partial charge in [0.1, 0.15) is 0 Å². The molecule has 0 aliphatic rings. The fraction of sp³-hybridized carbons (Fsp3) is 0.538. The van der Waals surface area contributed by atoms with Gasteiger partial charge in [0.05, 0.1) is 16.7 Å². The van der Waals surface area contributed by atoms with E-state index in [0.717, 1.165) is 19.7 Å². The normalized spacial score (nSPS) is 11.8. The molecule has 1 aromatic rings. The van der Waals surface area contributed by atoms with Gasteiger partial charge in [0.25, 0.3) is 0 Å². The zero-order valence-electron chi connectivity index (χ0n) is 10.5. The SMILES string of the molecule is COCCNCC(C)(C)c1ccc(Cl)c(Cl)c1. The minimum atomic E-state index is 0.0158. The van der Waals surface area contributed by atoms with Crippen LogP contribution in [0.2, 0.25) is 10.0 Å². The van der Waals surface area contributed by atoms with E-state index in [4.69, 9.17) is 27.9 Å². The molecule has 1 N–H and O–H groups in total. The molecule has 0 saturated carbocycles. The average Bonchev–Trinajstić information content (AvgIpc) is 2.28. The molecule has 96 valence electrons. The van der Waals surface area contributed by atoms with E-state index < -0.39 is 0 Å². The van der Waals surface area contributed by atoms with Crippen LogP contribution in [-0.4, -0.2) is 26.8 Å². The number of ether oxygens (including phenoxy) is 1. The highest BCUT2D eigenvalue weighted by Gasteiger charge is 2.20. The topological polar surface area (TPSA) is 21.3 Å². The third kappa shape index (κ3) is 4.47. The van der Waals surface area contributed by atoms with Crippen LogP contribution >= 0.6 is 23.2 Å². The number of halogens is 2. The molecule has 0 aliphatic heterocycles. The highest BCUT2D eigenvalue weighted by Crippen LogP contribution is 2.29. The van der Waals surface area contributed by atoms with Crippen molar-refractivity contribution < 1.29 is 4.74 Å². The summed E-state index contributed by atoms with van der Waals surface area (Å²) in [6.45, 7) is 6.78. The Labute approximate surface area is 113 Å². The first-order valence-corrected chi connectivity index (χ1v) is 6.38. The lowest BCUT2D eigenvalue weighted by molar-refractivity contribution is 0.197. The van der Waals surface area contributed by atoms with Crippen LogP contribution in [0, 0.1) is 0 Å². The predicted octanol–water partition coefficient (Wildman–Crippen LogP) is 3.51. The van der Waals surface area contributed by atoms with E-state index in [1.54, 1.807) is 7.11 Å². The van der Waals surface area contributed by atoms with Crippen LogP contribution in [0.5, 0.6) is 0 Å². The molecule has 0 spiro atoms. The number of nitrogens with one attached hydrogen (secondary N) is 1. The Morgan fingerprint density at radius 2 is 1.94 bits per heavy atom. The zero-order valence-corrected chi connectivity index (χ0v) is 12.0. The van der Waals surface area contributed by atoms with Gasteiger partial charge in [-0.2, -0.15) is 0 Å². The summed E-state index contributed by atoms with van der Waals surface area (Å²) >= 11 is 11.9. The summed E-state index contributed by atoms with van der Waals surface area (Å²) in [5, 5.41) is 4.56. The van der Waals surface area contributed by atoms with Gasteiger partial charge >= 0.3 is 0 Å². The van der Waals surface area contributed by atoms with Crippen LogP contribution in [-0.2, 0) is 10.2 Å². The van der Waals surface area contributed by atoms with Crippen molar-refractivity contribution >= 4 is 23.2 Å². The lowest BCUT2D eigenvalue weighted by Gasteiger charge is -2.26. The van der Waals surface area contributed by atoms with E-state index in [0.29, 0.717) is 10.0 Å². The van der Waals surface area contributed by atoms with Crippen LogP contribution in [0.1, 0.15) is 19.4 Å². The minimum absolute atomic E-state index is 0.0158. The van der Waals surface area contributed by atoms with Crippen LogP contribution in [0.3, 0.4) is 0 Å². The van der Waals surface area contributed by atoms with Crippen molar-refractivity contribution in [1.29, 1.82) is 0 Å².